The lowest BCUT2D eigenvalue weighted by Gasteiger charge is -2.42. The van der Waals surface area contributed by atoms with Crippen LogP contribution in [0.1, 0.15) is 34.9 Å². The van der Waals surface area contributed by atoms with Crippen molar-refractivity contribution < 1.29 is 4.79 Å². The SMILES string of the molecule is Cn1c(Br)c(Br)c2c1C(=O)N1CCCC13NC(N)=NC23. The van der Waals surface area contributed by atoms with Crippen LogP contribution in [0.4, 0.5) is 0 Å². The zero-order valence-corrected chi connectivity index (χ0v) is 14.0. The summed E-state index contributed by atoms with van der Waals surface area (Å²) in [5.41, 5.74) is 7.05. The summed E-state index contributed by atoms with van der Waals surface area (Å²) in [6.07, 6.45) is 1.83. The minimum Gasteiger partial charge on any atom is -0.370 e. The molecule has 3 aliphatic rings. The molecule has 0 bridgehead atoms. The number of carbonyl (C=O) groups is 1. The number of aromatic nitrogens is 1. The van der Waals surface area contributed by atoms with Gasteiger partial charge in [0.25, 0.3) is 5.91 Å². The maximum Gasteiger partial charge on any atom is 0.272 e. The van der Waals surface area contributed by atoms with Crippen LogP contribution in [0.2, 0.25) is 0 Å². The number of aliphatic imine (C=N–C) groups is 1. The third-order valence-electron chi connectivity index (χ3n) is 4.51. The van der Waals surface area contributed by atoms with E-state index in [-0.39, 0.29) is 11.9 Å². The number of amides is 1. The fourth-order valence-electron chi connectivity index (χ4n) is 3.69. The van der Waals surface area contributed by atoms with E-state index in [4.69, 9.17) is 5.73 Å². The Kier molecular flexibility index (Phi) is 2.41. The van der Waals surface area contributed by atoms with E-state index >= 15 is 0 Å². The van der Waals surface area contributed by atoms with E-state index in [1.165, 1.54) is 0 Å². The molecule has 8 heteroatoms. The molecular weight excluding hydrogens is 390 g/mol. The van der Waals surface area contributed by atoms with Gasteiger partial charge in [-0.05, 0) is 44.7 Å². The number of hydrogen-bond acceptors (Lipinski definition) is 4. The average Bonchev–Trinajstić information content (AvgIpc) is 3.02. The molecule has 3 aliphatic heterocycles. The normalized spacial score (nSPS) is 30.8. The molecule has 0 saturated carbocycles. The molecule has 1 aromatic rings. The maximum absolute atomic E-state index is 12.9. The van der Waals surface area contributed by atoms with Gasteiger partial charge in [0.1, 0.15) is 17.4 Å². The highest BCUT2D eigenvalue weighted by atomic mass is 79.9. The first-order valence-electron chi connectivity index (χ1n) is 6.44. The number of hydrogen-bond donors (Lipinski definition) is 2. The Hall–Kier alpha value is -1.02. The van der Waals surface area contributed by atoms with Gasteiger partial charge in [-0.25, -0.2) is 4.99 Å². The summed E-state index contributed by atoms with van der Waals surface area (Å²) < 4.78 is 3.61. The van der Waals surface area contributed by atoms with Crippen molar-refractivity contribution in [2.45, 2.75) is 24.5 Å². The van der Waals surface area contributed by atoms with Crippen LogP contribution >= 0.6 is 31.9 Å². The van der Waals surface area contributed by atoms with Crippen LogP contribution in [-0.4, -0.2) is 33.5 Å². The molecule has 1 amide bonds. The second-order valence-electron chi connectivity index (χ2n) is 5.45. The number of nitrogens with one attached hydrogen (secondary N) is 1. The van der Waals surface area contributed by atoms with Gasteiger partial charge in [-0.1, -0.05) is 0 Å². The zero-order chi connectivity index (χ0) is 14.2. The van der Waals surface area contributed by atoms with E-state index in [0.29, 0.717) is 11.7 Å². The number of nitrogens with zero attached hydrogens (tertiary/aromatic N) is 3. The number of halogens is 2. The molecule has 0 radical (unpaired) electrons. The molecule has 106 valence electrons. The molecule has 2 unspecified atom stereocenters. The lowest BCUT2D eigenvalue weighted by molar-refractivity contribution is 0.0458. The van der Waals surface area contributed by atoms with Gasteiger partial charge in [0.2, 0.25) is 0 Å². The third kappa shape index (κ3) is 1.25. The molecule has 3 N–H and O–H groups in total. The summed E-state index contributed by atoms with van der Waals surface area (Å²) in [6, 6.07) is -0.149. The van der Waals surface area contributed by atoms with E-state index in [2.05, 4.69) is 42.2 Å². The standard InChI is InChI=1S/C12H13Br2N5O/c1-18-7-5(6(13)9(18)14)8-12(17-11(15)16-8)3-2-4-19(12)10(7)20/h8H,2-4H2,1H3,(H3,15,16,17). The minimum absolute atomic E-state index is 0.0417. The summed E-state index contributed by atoms with van der Waals surface area (Å²) in [4.78, 5) is 19.3. The van der Waals surface area contributed by atoms with Gasteiger partial charge < -0.3 is 20.5 Å². The molecule has 0 aromatic carbocycles. The second-order valence-corrected chi connectivity index (χ2v) is 7.00. The van der Waals surface area contributed by atoms with Crippen molar-refractivity contribution in [2.75, 3.05) is 6.54 Å². The number of rotatable bonds is 0. The number of fused-ring (bicyclic) bond motifs is 2. The lowest BCUT2D eigenvalue weighted by atomic mass is 9.88. The average molecular weight is 403 g/mol. The van der Waals surface area contributed by atoms with Crippen LogP contribution < -0.4 is 11.1 Å². The molecule has 1 spiro atoms. The first-order valence-corrected chi connectivity index (χ1v) is 8.03. The van der Waals surface area contributed by atoms with Crippen LogP contribution in [-0.2, 0) is 7.05 Å². The van der Waals surface area contributed by atoms with Gasteiger partial charge in [-0.3, -0.25) is 4.79 Å². The third-order valence-corrected chi connectivity index (χ3v) is 6.77. The second kappa shape index (κ2) is 3.79. The molecule has 1 saturated heterocycles. The highest BCUT2D eigenvalue weighted by Gasteiger charge is 2.59. The smallest absolute Gasteiger partial charge is 0.272 e. The Balaban J connectivity index is 2.04. The van der Waals surface area contributed by atoms with Crippen LogP contribution in [0, 0.1) is 0 Å². The highest BCUT2D eigenvalue weighted by Crippen LogP contribution is 2.52. The molecule has 20 heavy (non-hydrogen) atoms. The van der Waals surface area contributed by atoms with Crippen molar-refractivity contribution in [1.82, 2.24) is 14.8 Å². The van der Waals surface area contributed by atoms with E-state index in [0.717, 1.165) is 34.0 Å². The molecule has 1 fully saturated rings. The topological polar surface area (TPSA) is 75.7 Å². The first kappa shape index (κ1) is 12.7. The van der Waals surface area contributed by atoms with Crippen LogP contribution in [0.15, 0.2) is 14.1 Å². The van der Waals surface area contributed by atoms with Gasteiger partial charge in [-0.2, -0.15) is 0 Å². The van der Waals surface area contributed by atoms with Gasteiger partial charge in [0.05, 0.1) is 9.08 Å². The minimum atomic E-state index is -0.475. The van der Waals surface area contributed by atoms with Crippen molar-refractivity contribution >= 4 is 43.7 Å². The first-order chi connectivity index (χ1) is 9.47. The Labute approximate surface area is 132 Å². The number of carbonyl (C=O) groups excluding carboxylic acids is 1. The fraction of sp³-hybridized carbons (Fsp3) is 0.500. The Morgan fingerprint density at radius 2 is 2.25 bits per heavy atom. The monoisotopic (exact) mass is 401 g/mol. The van der Waals surface area contributed by atoms with Crippen molar-refractivity contribution in [3.8, 4) is 0 Å². The van der Waals surface area contributed by atoms with Gasteiger partial charge in [0.15, 0.2) is 5.96 Å². The number of guanidine groups is 1. The molecule has 0 aliphatic carbocycles. The molecule has 2 atom stereocenters. The predicted molar refractivity (Wildman–Crippen MR) is 81.3 cm³/mol. The van der Waals surface area contributed by atoms with E-state index in [1.54, 1.807) is 0 Å². The quantitative estimate of drug-likeness (QED) is 0.689. The van der Waals surface area contributed by atoms with E-state index in [1.807, 2.05) is 16.5 Å². The molecule has 4 heterocycles. The van der Waals surface area contributed by atoms with Gasteiger partial charge >= 0.3 is 0 Å². The van der Waals surface area contributed by atoms with Crippen LogP contribution in [0.3, 0.4) is 0 Å². The molecule has 1 aromatic heterocycles. The Bertz CT molecular complexity index is 682. The van der Waals surface area contributed by atoms with Crippen molar-refractivity contribution in [1.29, 1.82) is 0 Å². The largest absolute Gasteiger partial charge is 0.370 e. The number of nitrogens with two attached hydrogens (primary N) is 1. The summed E-state index contributed by atoms with van der Waals surface area (Å²) in [7, 11) is 1.88. The van der Waals surface area contributed by atoms with Gasteiger partial charge in [0, 0.05) is 19.2 Å². The predicted octanol–water partition coefficient (Wildman–Crippen LogP) is 1.46. The Morgan fingerprint density at radius 3 is 3.00 bits per heavy atom. The Morgan fingerprint density at radius 1 is 1.50 bits per heavy atom. The van der Waals surface area contributed by atoms with Crippen molar-refractivity contribution in [3.05, 3.63) is 20.3 Å². The molecule has 6 nitrogen and oxygen atoms in total. The fourth-order valence-corrected chi connectivity index (χ4v) is 4.75. The van der Waals surface area contributed by atoms with Crippen LogP contribution in [0.25, 0.3) is 0 Å². The van der Waals surface area contributed by atoms with Crippen LogP contribution in [0.5, 0.6) is 0 Å². The van der Waals surface area contributed by atoms with Gasteiger partial charge in [-0.15, -0.1) is 0 Å². The summed E-state index contributed by atoms with van der Waals surface area (Å²) in [5.74, 6) is 0.453. The summed E-state index contributed by atoms with van der Waals surface area (Å²) >= 11 is 7.11. The lowest BCUT2D eigenvalue weighted by Crippen LogP contribution is -2.62. The van der Waals surface area contributed by atoms with E-state index in [9.17, 15) is 4.79 Å². The summed E-state index contributed by atoms with van der Waals surface area (Å²) in [6.45, 7) is 0.741. The van der Waals surface area contributed by atoms with Crippen molar-refractivity contribution in [3.63, 3.8) is 0 Å². The van der Waals surface area contributed by atoms with E-state index < -0.39 is 5.66 Å². The highest BCUT2D eigenvalue weighted by molar-refractivity contribution is 9.13. The maximum atomic E-state index is 12.9. The summed E-state index contributed by atoms with van der Waals surface area (Å²) in [5, 5.41) is 3.25. The molecular formula is C12H13Br2N5O. The molecule has 4 rings (SSSR count). The van der Waals surface area contributed by atoms with Crippen molar-refractivity contribution in [2.24, 2.45) is 17.8 Å². The zero-order valence-electron chi connectivity index (χ0n) is 10.8.